The Bertz CT molecular complexity index is 600. The molecule has 0 aromatic heterocycles. The van der Waals surface area contributed by atoms with E-state index in [1.807, 2.05) is 24.3 Å². The predicted octanol–water partition coefficient (Wildman–Crippen LogP) is 4.31. The molecule has 1 unspecified atom stereocenters. The zero-order valence-corrected chi connectivity index (χ0v) is 11.0. The van der Waals surface area contributed by atoms with E-state index in [9.17, 15) is 13.9 Å². The molecule has 2 aromatic rings. The maximum atomic E-state index is 13.3. The van der Waals surface area contributed by atoms with Crippen molar-refractivity contribution in [3.63, 3.8) is 0 Å². The van der Waals surface area contributed by atoms with Crippen LogP contribution in [0.25, 0.3) is 0 Å². The van der Waals surface area contributed by atoms with Crippen LogP contribution in [-0.4, -0.2) is 5.11 Å². The Morgan fingerprint density at radius 3 is 2.25 bits per heavy atom. The Labute approximate surface area is 116 Å². The summed E-state index contributed by atoms with van der Waals surface area (Å²) in [5, 5.41) is 10.5. The number of rotatable bonds is 3. The minimum atomic E-state index is -0.989. The maximum Gasteiger partial charge on any atom is 0.126 e. The molecule has 104 valence electrons. The van der Waals surface area contributed by atoms with Crippen LogP contribution in [0, 0.1) is 11.6 Å². The van der Waals surface area contributed by atoms with E-state index in [0.717, 1.165) is 30.0 Å². The lowest BCUT2D eigenvalue weighted by atomic mass is 9.77. The van der Waals surface area contributed by atoms with Gasteiger partial charge in [-0.3, -0.25) is 0 Å². The highest BCUT2D eigenvalue weighted by Gasteiger charge is 2.25. The molecule has 1 saturated carbocycles. The van der Waals surface area contributed by atoms with Crippen molar-refractivity contribution in [2.45, 2.75) is 31.3 Å². The predicted molar refractivity (Wildman–Crippen MR) is 73.5 cm³/mol. The molecule has 1 nitrogen and oxygen atoms in total. The molecule has 1 atom stereocenters. The second-order valence-electron chi connectivity index (χ2n) is 5.36. The summed E-state index contributed by atoms with van der Waals surface area (Å²) in [6.07, 6.45) is 2.43. The van der Waals surface area contributed by atoms with Crippen LogP contribution in [0.15, 0.2) is 42.5 Å². The minimum Gasteiger partial charge on any atom is -0.384 e. The first kappa shape index (κ1) is 13.3. The SMILES string of the molecule is OC(c1cc(F)cc(F)c1)c1ccccc1C1CCC1. The molecule has 0 saturated heterocycles. The number of benzene rings is 2. The number of aliphatic hydroxyl groups is 1. The number of halogens is 2. The fraction of sp³-hybridized carbons (Fsp3) is 0.294. The van der Waals surface area contributed by atoms with Crippen molar-refractivity contribution < 1.29 is 13.9 Å². The highest BCUT2D eigenvalue weighted by molar-refractivity contribution is 5.38. The summed E-state index contributed by atoms with van der Waals surface area (Å²) in [4.78, 5) is 0. The fourth-order valence-corrected chi connectivity index (χ4v) is 2.76. The van der Waals surface area contributed by atoms with Crippen LogP contribution in [0.1, 0.15) is 48.0 Å². The summed E-state index contributed by atoms with van der Waals surface area (Å²) in [6, 6.07) is 10.8. The lowest BCUT2D eigenvalue weighted by Crippen LogP contribution is -2.13. The molecule has 20 heavy (non-hydrogen) atoms. The van der Waals surface area contributed by atoms with Crippen molar-refractivity contribution in [1.29, 1.82) is 0 Å². The average Bonchev–Trinajstić information content (AvgIpc) is 2.35. The molecular weight excluding hydrogens is 258 g/mol. The van der Waals surface area contributed by atoms with E-state index in [0.29, 0.717) is 5.92 Å². The summed E-state index contributed by atoms with van der Waals surface area (Å²) < 4.78 is 26.6. The molecular formula is C17H16F2O. The monoisotopic (exact) mass is 274 g/mol. The summed E-state index contributed by atoms with van der Waals surface area (Å²) in [7, 11) is 0. The Morgan fingerprint density at radius 1 is 1.00 bits per heavy atom. The second-order valence-corrected chi connectivity index (χ2v) is 5.36. The van der Waals surface area contributed by atoms with Gasteiger partial charge >= 0.3 is 0 Å². The maximum absolute atomic E-state index is 13.3. The highest BCUT2D eigenvalue weighted by Crippen LogP contribution is 2.40. The first-order valence-electron chi connectivity index (χ1n) is 6.88. The molecule has 3 heteroatoms. The van der Waals surface area contributed by atoms with Crippen molar-refractivity contribution >= 4 is 0 Å². The summed E-state index contributed by atoms with van der Waals surface area (Å²) >= 11 is 0. The Kier molecular flexibility index (Phi) is 3.53. The molecule has 2 aromatic carbocycles. The van der Waals surface area contributed by atoms with Gasteiger partial charge in [-0.05, 0) is 47.6 Å². The second kappa shape index (κ2) is 5.33. The number of hydrogen-bond acceptors (Lipinski definition) is 1. The first-order valence-corrected chi connectivity index (χ1v) is 6.88. The smallest absolute Gasteiger partial charge is 0.126 e. The summed E-state index contributed by atoms with van der Waals surface area (Å²) in [5.74, 6) is -0.875. The standard InChI is InChI=1S/C17H16F2O/c18-13-8-12(9-14(19)10-13)17(20)16-7-2-1-6-15(16)11-4-3-5-11/h1-2,6-11,17,20H,3-5H2. The van der Waals surface area contributed by atoms with Gasteiger partial charge in [-0.15, -0.1) is 0 Å². The minimum absolute atomic E-state index is 0.259. The third kappa shape index (κ3) is 2.46. The van der Waals surface area contributed by atoms with Crippen LogP contribution >= 0.6 is 0 Å². The Morgan fingerprint density at radius 2 is 1.65 bits per heavy atom. The zero-order valence-electron chi connectivity index (χ0n) is 11.0. The molecule has 1 aliphatic carbocycles. The van der Waals surface area contributed by atoms with Gasteiger partial charge in [0.15, 0.2) is 0 Å². The third-order valence-electron chi connectivity index (χ3n) is 4.04. The van der Waals surface area contributed by atoms with E-state index in [-0.39, 0.29) is 5.56 Å². The van der Waals surface area contributed by atoms with E-state index in [1.54, 1.807) is 0 Å². The zero-order chi connectivity index (χ0) is 14.1. The van der Waals surface area contributed by atoms with Crippen molar-refractivity contribution in [3.05, 3.63) is 70.8 Å². The van der Waals surface area contributed by atoms with Gasteiger partial charge in [0, 0.05) is 6.07 Å². The molecule has 3 rings (SSSR count). The van der Waals surface area contributed by atoms with E-state index >= 15 is 0 Å². The molecule has 1 aliphatic rings. The van der Waals surface area contributed by atoms with Crippen molar-refractivity contribution in [2.75, 3.05) is 0 Å². The van der Waals surface area contributed by atoms with Gasteiger partial charge in [-0.25, -0.2) is 8.78 Å². The van der Waals surface area contributed by atoms with Gasteiger partial charge in [0.2, 0.25) is 0 Å². The van der Waals surface area contributed by atoms with Gasteiger partial charge < -0.3 is 5.11 Å². The van der Waals surface area contributed by atoms with Gasteiger partial charge in [0.05, 0.1) is 0 Å². The van der Waals surface area contributed by atoms with Gasteiger partial charge in [-0.1, -0.05) is 30.7 Å². The number of hydrogen-bond donors (Lipinski definition) is 1. The van der Waals surface area contributed by atoms with Crippen molar-refractivity contribution in [1.82, 2.24) is 0 Å². The average molecular weight is 274 g/mol. The highest BCUT2D eigenvalue weighted by atomic mass is 19.1. The quantitative estimate of drug-likeness (QED) is 0.884. The third-order valence-corrected chi connectivity index (χ3v) is 4.04. The largest absolute Gasteiger partial charge is 0.384 e. The topological polar surface area (TPSA) is 20.2 Å². The van der Waals surface area contributed by atoms with Crippen LogP contribution in [0.3, 0.4) is 0 Å². The summed E-state index contributed by atoms with van der Waals surface area (Å²) in [5.41, 5.74) is 2.10. The fourth-order valence-electron chi connectivity index (χ4n) is 2.76. The van der Waals surface area contributed by atoms with E-state index in [2.05, 4.69) is 0 Å². The van der Waals surface area contributed by atoms with Crippen molar-refractivity contribution in [2.24, 2.45) is 0 Å². The molecule has 0 amide bonds. The molecule has 0 radical (unpaired) electrons. The lowest BCUT2D eigenvalue weighted by Gasteiger charge is -2.29. The molecule has 0 bridgehead atoms. The van der Waals surface area contributed by atoms with Crippen LogP contribution < -0.4 is 0 Å². The molecule has 1 N–H and O–H groups in total. The molecule has 0 spiro atoms. The van der Waals surface area contributed by atoms with Crippen molar-refractivity contribution in [3.8, 4) is 0 Å². The first-order chi connectivity index (χ1) is 9.65. The van der Waals surface area contributed by atoms with E-state index < -0.39 is 17.7 Å². The Balaban J connectivity index is 1.99. The van der Waals surface area contributed by atoms with Crippen LogP contribution in [0.2, 0.25) is 0 Å². The number of aliphatic hydroxyl groups excluding tert-OH is 1. The molecule has 0 aliphatic heterocycles. The van der Waals surface area contributed by atoms with Gasteiger partial charge in [0.1, 0.15) is 17.7 Å². The molecule has 0 heterocycles. The summed E-state index contributed by atoms with van der Waals surface area (Å²) in [6.45, 7) is 0. The van der Waals surface area contributed by atoms with Crippen LogP contribution in [-0.2, 0) is 0 Å². The molecule has 1 fully saturated rings. The lowest BCUT2D eigenvalue weighted by molar-refractivity contribution is 0.216. The van der Waals surface area contributed by atoms with Gasteiger partial charge in [0.25, 0.3) is 0 Å². The normalized spacial score (nSPS) is 16.8. The van der Waals surface area contributed by atoms with Gasteiger partial charge in [-0.2, -0.15) is 0 Å². The van der Waals surface area contributed by atoms with E-state index in [4.69, 9.17) is 0 Å². The Hall–Kier alpha value is -1.74. The van der Waals surface area contributed by atoms with Crippen LogP contribution in [0.4, 0.5) is 8.78 Å². The van der Waals surface area contributed by atoms with E-state index in [1.165, 1.54) is 18.6 Å². The van der Waals surface area contributed by atoms with Crippen LogP contribution in [0.5, 0.6) is 0 Å².